The minimum atomic E-state index is -1.14. The number of methoxy groups -OCH3 is 1. The summed E-state index contributed by atoms with van der Waals surface area (Å²) in [5.41, 5.74) is 2.00. The lowest BCUT2D eigenvalue weighted by atomic mass is 9.89. The molecule has 1 N–H and O–H groups in total. The SMILES string of the molecule is COc1cccc(CCNC(=O)C(C)(C)C(=O)N2c3ccccc3CC2C)c1. The lowest BCUT2D eigenvalue weighted by Crippen LogP contribution is -2.51. The first-order chi connectivity index (χ1) is 13.3. The third-order valence-electron chi connectivity index (χ3n) is 5.36. The van der Waals surface area contributed by atoms with E-state index in [0.29, 0.717) is 13.0 Å². The Hall–Kier alpha value is -2.82. The van der Waals surface area contributed by atoms with Crippen LogP contribution in [-0.2, 0) is 22.4 Å². The lowest BCUT2D eigenvalue weighted by Gasteiger charge is -2.31. The van der Waals surface area contributed by atoms with E-state index in [1.165, 1.54) is 0 Å². The van der Waals surface area contributed by atoms with E-state index in [0.717, 1.165) is 29.0 Å². The molecule has 28 heavy (non-hydrogen) atoms. The molecular weight excluding hydrogens is 352 g/mol. The van der Waals surface area contributed by atoms with Crippen molar-refractivity contribution in [2.24, 2.45) is 5.41 Å². The summed E-state index contributed by atoms with van der Waals surface area (Å²) in [4.78, 5) is 27.8. The molecule has 3 rings (SSSR count). The van der Waals surface area contributed by atoms with Crippen molar-refractivity contribution in [1.82, 2.24) is 5.32 Å². The maximum Gasteiger partial charge on any atom is 0.242 e. The zero-order valence-electron chi connectivity index (χ0n) is 17.0. The van der Waals surface area contributed by atoms with E-state index in [4.69, 9.17) is 4.74 Å². The molecule has 1 atom stereocenters. The van der Waals surface area contributed by atoms with E-state index in [1.54, 1.807) is 25.9 Å². The summed E-state index contributed by atoms with van der Waals surface area (Å²) in [6.45, 7) is 5.89. The minimum absolute atomic E-state index is 0.0498. The van der Waals surface area contributed by atoms with Gasteiger partial charge >= 0.3 is 0 Å². The Bertz CT molecular complexity index is 876. The second kappa shape index (κ2) is 8.05. The first-order valence-electron chi connectivity index (χ1n) is 9.67. The summed E-state index contributed by atoms with van der Waals surface area (Å²) < 4.78 is 5.23. The van der Waals surface area contributed by atoms with Crippen LogP contribution in [0.15, 0.2) is 48.5 Å². The number of nitrogens with zero attached hydrogens (tertiary/aromatic N) is 1. The quantitative estimate of drug-likeness (QED) is 0.782. The average Bonchev–Trinajstić information content (AvgIpc) is 3.02. The fourth-order valence-corrected chi connectivity index (χ4v) is 3.64. The number of hydrogen-bond donors (Lipinski definition) is 1. The standard InChI is InChI=1S/C23H28N2O3/c1-16-14-18-9-5-6-11-20(18)25(16)22(27)23(2,3)21(26)24-13-12-17-8-7-10-19(15-17)28-4/h5-11,15-16H,12-14H2,1-4H3,(H,24,26). The van der Waals surface area contributed by atoms with Crippen molar-refractivity contribution < 1.29 is 14.3 Å². The van der Waals surface area contributed by atoms with Crippen molar-refractivity contribution in [3.8, 4) is 5.75 Å². The highest BCUT2D eigenvalue weighted by Gasteiger charge is 2.43. The van der Waals surface area contributed by atoms with E-state index in [1.807, 2.05) is 55.5 Å². The molecule has 2 amide bonds. The van der Waals surface area contributed by atoms with E-state index in [9.17, 15) is 9.59 Å². The van der Waals surface area contributed by atoms with Gasteiger partial charge in [-0.3, -0.25) is 9.59 Å². The first kappa shape index (κ1) is 19.9. The Labute approximate surface area is 166 Å². The topological polar surface area (TPSA) is 58.6 Å². The van der Waals surface area contributed by atoms with Crippen LogP contribution in [0.5, 0.6) is 5.75 Å². The van der Waals surface area contributed by atoms with Gasteiger partial charge < -0.3 is 15.0 Å². The number of amides is 2. The highest BCUT2D eigenvalue weighted by atomic mass is 16.5. The van der Waals surface area contributed by atoms with Gasteiger partial charge in [0, 0.05) is 18.3 Å². The molecule has 0 saturated heterocycles. The average molecular weight is 380 g/mol. The van der Waals surface area contributed by atoms with Gasteiger partial charge in [-0.05, 0) is 62.9 Å². The number of anilines is 1. The van der Waals surface area contributed by atoms with Crippen molar-refractivity contribution in [1.29, 1.82) is 0 Å². The molecule has 0 fully saturated rings. The van der Waals surface area contributed by atoms with Gasteiger partial charge in [0.2, 0.25) is 11.8 Å². The van der Waals surface area contributed by atoms with Gasteiger partial charge in [-0.25, -0.2) is 0 Å². The molecular formula is C23H28N2O3. The van der Waals surface area contributed by atoms with Crippen LogP contribution in [0.3, 0.4) is 0 Å². The normalized spacial score (nSPS) is 15.9. The molecule has 0 aromatic heterocycles. The van der Waals surface area contributed by atoms with E-state index in [2.05, 4.69) is 5.32 Å². The van der Waals surface area contributed by atoms with Crippen LogP contribution >= 0.6 is 0 Å². The highest BCUT2D eigenvalue weighted by Crippen LogP contribution is 2.35. The fourth-order valence-electron chi connectivity index (χ4n) is 3.64. The van der Waals surface area contributed by atoms with Gasteiger partial charge in [-0.2, -0.15) is 0 Å². The van der Waals surface area contributed by atoms with Crippen molar-refractivity contribution in [2.75, 3.05) is 18.6 Å². The van der Waals surface area contributed by atoms with Gasteiger partial charge in [0.1, 0.15) is 11.2 Å². The number of rotatable bonds is 6. The second-order valence-corrected chi connectivity index (χ2v) is 7.84. The van der Waals surface area contributed by atoms with Gasteiger partial charge in [0.05, 0.1) is 7.11 Å². The summed E-state index contributed by atoms with van der Waals surface area (Å²) in [6, 6.07) is 15.7. The molecule has 0 bridgehead atoms. The van der Waals surface area contributed by atoms with Crippen LogP contribution in [0, 0.1) is 5.41 Å². The molecule has 0 spiro atoms. The Kier molecular flexibility index (Phi) is 5.73. The van der Waals surface area contributed by atoms with E-state index in [-0.39, 0.29) is 17.9 Å². The Morgan fingerprint density at radius 1 is 1.18 bits per heavy atom. The van der Waals surface area contributed by atoms with Gasteiger partial charge in [0.15, 0.2) is 0 Å². The number of benzene rings is 2. The smallest absolute Gasteiger partial charge is 0.242 e. The van der Waals surface area contributed by atoms with Crippen LogP contribution in [0.2, 0.25) is 0 Å². The number of hydrogen-bond acceptors (Lipinski definition) is 3. The van der Waals surface area contributed by atoms with Gasteiger partial charge in [-0.1, -0.05) is 30.3 Å². The molecule has 1 heterocycles. The molecule has 2 aromatic carbocycles. The Balaban J connectivity index is 1.64. The van der Waals surface area contributed by atoms with Crippen LogP contribution in [0.25, 0.3) is 0 Å². The van der Waals surface area contributed by atoms with Crippen molar-refractivity contribution in [3.05, 3.63) is 59.7 Å². The second-order valence-electron chi connectivity index (χ2n) is 7.84. The molecule has 0 saturated carbocycles. The molecule has 0 aliphatic carbocycles. The summed E-state index contributed by atoms with van der Waals surface area (Å²) in [5, 5.41) is 2.92. The molecule has 1 aliphatic rings. The van der Waals surface area contributed by atoms with Crippen LogP contribution in [-0.4, -0.2) is 31.5 Å². The molecule has 1 unspecified atom stereocenters. The van der Waals surface area contributed by atoms with Crippen molar-refractivity contribution in [2.45, 2.75) is 39.7 Å². The summed E-state index contributed by atoms with van der Waals surface area (Å²) in [7, 11) is 1.63. The number of fused-ring (bicyclic) bond motifs is 1. The predicted molar refractivity (Wildman–Crippen MR) is 111 cm³/mol. The number of nitrogens with one attached hydrogen (secondary N) is 1. The van der Waals surface area contributed by atoms with E-state index >= 15 is 0 Å². The largest absolute Gasteiger partial charge is 0.497 e. The summed E-state index contributed by atoms with van der Waals surface area (Å²) in [6.07, 6.45) is 1.49. The molecule has 0 radical (unpaired) electrons. The minimum Gasteiger partial charge on any atom is -0.497 e. The Morgan fingerprint density at radius 2 is 1.93 bits per heavy atom. The predicted octanol–water partition coefficient (Wildman–Crippen LogP) is 3.36. The molecule has 5 heteroatoms. The van der Waals surface area contributed by atoms with Gasteiger partial charge in [-0.15, -0.1) is 0 Å². The Morgan fingerprint density at radius 3 is 2.68 bits per heavy atom. The number of ether oxygens (including phenoxy) is 1. The van der Waals surface area contributed by atoms with E-state index < -0.39 is 5.41 Å². The lowest BCUT2D eigenvalue weighted by molar-refractivity contribution is -0.139. The van der Waals surface area contributed by atoms with Gasteiger partial charge in [0.25, 0.3) is 0 Å². The molecule has 1 aliphatic heterocycles. The summed E-state index contributed by atoms with van der Waals surface area (Å²) in [5.74, 6) is 0.377. The van der Waals surface area contributed by atoms with Crippen LogP contribution in [0.1, 0.15) is 31.9 Å². The number of para-hydroxylation sites is 1. The first-order valence-corrected chi connectivity index (χ1v) is 9.67. The summed E-state index contributed by atoms with van der Waals surface area (Å²) >= 11 is 0. The monoisotopic (exact) mass is 380 g/mol. The third-order valence-corrected chi connectivity index (χ3v) is 5.36. The van der Waals surface area contributed by atoms with Crippen LogP contribution < -0.4 is 15.0 Å². The van der Waals surface area contributed by atoms with Crippen LogP contribution in [0.4, 0.5) is 5.69 Å². The van der Waals surface area contributed by atoms with Crippen molar-refractivity contribution >= 4 is 17.5 Å². The zero-order chi connectivity index (χ0) is 20.3. The third kappa shape index (κ3) is 3.88. The van der Waals surface area contributed by atoms with Crippen molar-refractivity contribution in [3.63, 3.8) is 0 Å². The highest BCUT2D eigenvalue weighted by molar-refractivity contribution is 6.12. The maximum atomic E-state index is 13.2. The molecule has 148 valence electrons. The molecule has 2 aromatic rings. The number of carbonyl (C=O) groups excluding carboxylic acids is 2. The zero-order valence-corrected chi connectivity index (χ0v) is 17.0. The maximum absolute atomic E-state index is 13.2. The fraction of sp³-hybridized carbons (Fsp3) is 0.391. The number of carbonyl (C=O) groups is 2. The molecule has 5 nitrogen and oxygen atoms in total.